The van der Waals surface area contributed by atoms with E-state index in [2.05, 4.69) is 32.2 Å². The molecule has 8 unspecified atom stereocenters. The molecular weight excluding hydrogens is 372 g/mol. The van der Waals surface area contributed by atoms with E-state index >= 15 is 0 Å². The van der Waals surface area contributed by atoms with Crippen LogP contribution in [0, 0.1) is 34.5 Å². The molecule has 0 aromatic heterocycles. The van der Waals surface area contributed by atoms with E-state index in [-0.39, 0.29) is 11.8 Å². The predicted molar refractivity (Wildman–Crippen MR) is 121 cm³/mol. The van der Waals surface area contributed by atoms with Crippen LogP contribution in [0.5, 0.6) is 0 Å². The number of nitrogens with one attached hydrogen (secondary N) is 1. The molecule has 30 heavy (non-hydrogen) atoms. The van der Waals surface area contributed by atoms with E-state index in [9.17, 15) is 9.59 Å². The Hall–Kier alpha value is -1.32. The Morgan fingerprint density at radius 1 is 1.10 bits per heavy atom. The highest BCUT2D eigenvalue weighted by Crippen LogP contribution is 2.66. The molecule has 3 fully saturated rings. The molecule has 1 N–H and O–H groups in total. The van der Waals surface area contributed by atoms with E-state index in [0.717, 1.165) is 30.6 Å². The number of hydrogen-bond donors (Lipinski definition) is 1. The Morgan fingerprint density at radius 2 is 1.83 bits per heavy atom. The summed E-state index contributed by atoms with van der Waals surface area (Å²) in [7, 11) is 1.99. The Morgan fingerprint density at radius 3 is 2.50 bits per heavy atom. The van der Waals surface area contributed by atoms with E-state index in [1.807, 2.05) is 11.9 Å². The van der Waals surface area contributed by atoms with Crippen LogP contribution in [0.1, 0.15) is 86.0 Å². The fourth-order valence-corrected chi connectivity index (χ4v) is 8.46. The topological polar surface area (TPSA) is 49.4 Å². The minimum atomic E-state index is 0.105. The SMILES string of the molecule is CC(=O)NC1CCC2(C)C(=CCC3C2CCC2(C)C3CCC2C(C)N(C)C(C)=O)C1. The van der Waals surface area contributed by atoms with Gasteiger partial charge in [0.1, 0.15) is 0 Å². The third kappa shape index (κ3) is 3.33. The maximum Gasteiger partial charge on any atom is 0.219 e. The molecule has 4 nitrogen and oxygen atoms in total. The third-order valence-corrected chi connectivity index (χ3v) is 10.3. The minimum absolute atomic E-state index is 0.105. The van der Waals surface area contributed by atoms with Gasteiger partial charge in [-0.25, -0.2) is 0 Å². The summed E-state index contributed by atoms with van der Waals surface area (Å²) >= 11 is 0. The molecule has 168 valence electrons. The first kappa shape index (κ1) is 21.9. The van der Waals surface area contributed by atoms with Crippen molar-refractivity contribution in [3.8, 4) is 0 Å². The van der Waals surface area contributed by atoms with Crippen LogP contribution in [-0.4, -0.2) is 35.8 Å². The van der Waals surface area contributed by atoms with Crippen LogP contribution in [0.3, 0.4) is 0 Å². The Labute approximate surface area is 183 Å². The summed E-state index contributed by atoms with van der Waals surface area (Å²) in [4.78, 5) is 25.6. The van der Waals surface area contributed by atoms with Crippen molar-refractivity contribution in [1.82, 2.24) is 10.2 Å². The lowest BCUT2D eigenvalue weighted by Crippen LogP contribution is -2.53. The first-order valence-corrected chi connectivity index (χ1v) is 12.3. The Bertz CT molecular complexity index is 745. The van der Waals surface area contributed by atoms with Crippen LogP contribution >= 0.6 is 0 Å². The smallest absolute Gasteiger partial charge is 0.219 e. The maximum atomic E-state index is 12.0. The standard InChI is InChI=1S/C26H42N2O2/c1-16(28(6)18(3)30)22-9-10-23-21-8-7-19-15-20(27-17(2)29)11-13-25(19,4)24(21)12-14-26(22,23)5/h7,16,20-24H,8-15H2,1-6H3,(H,27,29). The summed E-state index contributed by atoms with van der Waals surface area (Å²) in [6, 6.07) is 0.651. The molecule has 2 amide bonds. The average Bonchev–Trinajstić information content (AvgIpc) is 3.03. The van der Waals surface area contributed by atoms with Crippen LogP contribution in [0.25, 0.3) is 0 Å². The van der Waals surface area contributed by atoms with Gasteiger partial charge in [0.2, 0.25) is 11.8 Å². The second-order valence-electron chi connectivity index (χ2n) is 11.5. The van der Waals surface area contributed by atoms with E-state index in [0.29, 0.717) is 28.8 Å². The summed E-state index contributed by atoms with van der Waals surface area (Å²) in [6.07, 6.45) is 12.4. The maximum absolute atomic E-state index is 12.0. The van der Waals surface area contributed by atoms with Gasteiger partial charge >= 0.3 is 0 Å². The molecule has 4 aliphatic rings. The van der Waals surface area contributed by atoms with Crippen molar-refractivity contribution < 1.29 is 9.59 Å². The normalized spacial score (nSPS) is 43.5. The number of allylic oxidation sites excluding steroid dienone is 1. The van der Waals surface area contributed by atoms with Gasteiger partial charge in [-0.15, -0.1) is 0 Å². The lowest BCUT2D eigenvalue weighted by atomic mass is 9.47. The molecule has 0 aromatic rings. The molecule has 0 spiro atoms. The van der Waals surface area contributed by atoms with Crippen LogP contribution in [-0.2, 0) is 9.59 Å². The van der Waals surface area contributed by atoms with Gasteiger partial charge < -0.3 is 10.2 Å². The van der Waals surface area contributed by atoms with E-state index in [1.165, 1.54) is 38.5 Å². The van der Waals surface area contributed by atoms with E-state index in [1.54, 1.807) is 19.4 Å². The summed E-state index contributed by atoms with van der Waals surface area (Å²) in [6.45, 7) is 10.7. The number of rotatable bonds is 3. The second kappa shape index (κ2) is 7.67. The Kier molecular flexibility index (Phi) is 5.60. The van der Waals surface area contributed by atoms with Gasteiger partial charge in [0.15, 0.2) is 0 Å². The fraction of sp³-hybridized carbons (Fsp3) is 0.846. The van der Waals surface area contributed by atoms with Crippen LogP contribution in [0.2, 0.25) is 0 Å². The van der Waals surface area contributed by atoms with Crippen molar-refractivity contribution in [2.45, 2.75) is 98.1 Å². The van der Waals surface area contributed by atoms with Gasteiger partial charge in [-0.2, -0.15) is 0 Å². The molecule has 4 heteroatoms. The van der Waals surface area contributed by atoms with Crippen LogP contribution in [0.4, 0.5) is 0 Å². The zero-order valence-electron chi connectivity index (χ0n) is 20.0. The second-order valence-corrected chi connectivity index (χ2v) is 11.5. The highest BCUT2D eigenvalue weighted by Gasteiger charge is 2.59. The number of carbonyl (C=O) groups is 2. The number of carbonyl (C=O) groups excluding carboxylic acids is 2. The summed E-state index contributed by atoms with van der Waals surface area (Å²) in [5.74, 6) is 3.27. The van der Waals surface area contributed by atoms with Crippen molar-refractivity contribution in [3.63, 3.8) is 0 Å². The van der Waals surface area contributed by atoms with Crippen molar-refractivity contribution in [2.24, 2.45) is 34.5 Å². The average molecular weight is 415 g/mol. The summed E-state index contributed by atoms with van der Waals surface area (Å²) < 4.78 is 0. The largest absolute Gasteiger partial charge is 0.353 e. The van der Waals surface area contributed by atoms with Gasteiger partial charge in [0.05, 0.1) is 0 Å². The van der Waals surface area contributed by atoms with Crippen molar-refractivity contribution in [3.05, 3.63) is 11.6 Å². The molecule has 0 heterocycles. The van der Waals surface area contributed by atoms with Crippen molar-refractivity contribution >= 4 is 11.8 Å². The summed E-state index contributed by atoms with van der Waals surface area (Å²) in [5.41, 5.74) is 2.30. The highest BCUT2D eigenvalue weighted by atomic mass is 16.2. The van der Waals surface area contributed by atoms with Gasteiger partial charge in [-0.1, -0.05) is 25.5 Å². The zero-order valence-corrected chi connectivity index (χ0v) is 20.0. The molecule has 4 aliphatic carbocycles. The van der Waals surface area contributed by atoms with Crippen molar-refractivity contribution in [1.29, 1.82) is 0 Å². The van der Waals surface area contributed by atoms with Gasteiger partial charge in [0, 0.05) is 33.0 Å². The first-order valence-electron chi connectivity index (χ1n) is 12.3. The lowest BCUT2D eigenvalue weighted by molar-refractivity contribution is -0.132. The molecule has 0 saturated heterocycles. The lowest BCUT2D eigenvalue weighted by Gasteiger charge is -2.58. The third-order valence-electron chi connectivity index (χ3n) is 10.3. The van der Waals surface area contributed by atoms with Gasteiger partial charge in [-0.05, 0) is 92.8 Å². The van der Waals surface area contributed by atoms with Crippen molar-refractivity contribution in [2.75, 3.05) is 7.05 Å². The molecule has 0 bridgehead atoms. The molecule has 0 aromatic carbocycles. The number of amides is 2. The van der Waals surface area contributed by atoms with E-state index < -0.39 is 0 Å². The molecule has 0 radical (unpaired) electrons. The summed E-state index contributed by atoms with van der Waals surface area (Å²) in [5, 5.41) is 3.17. The molecule has 8 atom stereocenters. The molecular formula is C26H42N2O2. The van der Waals surface area contributed by atoms with Crippen LogP contribution in [0.15, 0.2) is 11.6 Å². The van der Waals surface area contributed by atoms with E-state index in [4.69, 9.17) is 0 Å². The minimum Gasteiger partial charge on any atom is -0.353 e. The van der Waals surface area contributed by atoms with Gasteiger partial charge in [0.25, 0.3) is 0 Å². The Balaban J connectivity index is 1.55. The first-order chi connectivity index (χ1) is 14.1. The molecule has 3 saturated carbocycles. The molecule has 0 aliphatic heterocycles. The van der Waals surface area contributed by atoms with Crippen LogP contribution < -0.4 is 5.32 Å². The fourth-order valence-electron chi connectivity index (χ4n) is 8.46. The zero-order chi connectivity index (χ0) is 21.8. The number of nitrogens with zero attached hydrogens (tertiary/aromatic N) is 1. The quantitative estimate of drug-likeness (QED) is 0.665. The number of fused-ring (bicyclic) bond motifs is 5. The molecule has 4 rings (SSSR count). The van der Waals surface area contributed by atoms with Gasteiger partial charge in [-0.3, -0.25) is 9.59 Å². The monoisotopic (exact) mass is 414 g/mol. The number of hydrogen-bond acceptors (Lipinski definition) is 2. The highest BCUT2D eigenvalue weighted by molar-refractivity contribution is 5.73. The predicted octanol–water partition coefficient (Wildman–Crippen LogP) is 4.94.